The molecular weight excluding hydrogens is 148 g/mol. The van der Waals surface area contributed by atoms with E-state index in [0.717, 1.165) is 0 Å². The molecule has 0 aromatic heterocycles. The molecule has 4 heteroatoms. The smallest absolute Gasteiger partial charge is 0.302 e. The van der Waals surface area contributed by atoms with Crippen molar-refractivity contribution in [3.8, 4) is 0 Å². The van der Waals surface area contributed by atoms with Gasteiger partial charge >= 0.3 is 5.97 Å². The lowest BCUT2D eigenvalue weighted by Gasteiger charge is -2.22. The highest BCUT2D eigenvalue weighted by molar-refractivity contribution is 5.98. The average Bonchev–Trinajstić information content (AvgIpc) is 1.85. The summed E-state index contributed by atoms with van der Waals surface area (Å²) in [6.45, 7) is 5.51. The van der Waals surface area contributed by atoms with Crippen LogP contribution in [0.4, 0.5) is 0 Å². The molecule has 10 heavy (non-hydrogen) atoms. The molecule has 0 N–H and O–H groups in total. The molecule has 0 aromatic carbocycles. The first-order chi connectivity index (χ1) is 4.48. The lowest BCUT2D eigenvalue weighted by atomic mass is 10.2. The number of carbonyl (C=O) groups is 1. The molecule has 0 unspecified atom stereocenters. The average molecular weight is 162 g/mol. The zero-order chi connectivity index (χ0) is 8.20. The quantitative estimate of drug-likeness (QED) is 0.419. The number of ether oxygens (including phenoxy) is 1. The van der Waals surface area contributed by atoms with E-state index in [0.29, 0.717) is 17.1 Å². The van der Waals surface area contributed by atoms with Crippen LogP contribution in [0.1, 0.15) is 20.8 Å². The number of carbonyl (C=O) groups excluding carboxylic acids is 1. The largest absolute Gasteiger partial charge is 0.463 e. The fourth-order valence-electron chi connectivity index (χ4n) is 0.334. The van der Waals surface area contributed by atoms with Gasteiger partial charge in [-0.15, -0.1) is 0 Å². The molecule has 0 radical (unpaired) electrons. The van der Waals surface area contributed by atoms with Gasteiger partial charge in [-0.1, -0.05) is 0 Å². The van der Waals surface area contributed by atoms with Crippen molar-refractivity contribution in [2.75, 3.05) is 6.61 Å². The van der Waals surface area contributed by atoms with Crippen molar-refractivity contribution in [1.29, 1.82) is 0 Å². The normalized spacial score (nSPS) is 11.5. The van der Waals surface area contributed by atoms with E-state index >= 15 is 0 Å². The Morgan fingerprint density at radius 3 is 2.40 bits per heavy atom. The van der Waals surface area contributed by atoms with Gasteiger partial charge in [0.25, 0.3) is 0 Å². The fourth-order valence-corrected chi connectivity index (χ4v) is 0.452. The Labute approximate surface area is 64.2 Å². The Kier molecular flexibility index (Phi) is 3.60. The molecule has 0 saturated carbocycles. The predicted octanol–water partition coefficient (Wildman–Crippen LogP) is -0.375. The van der Waals surface area contributed by atoms with E-state index in [1.807, 2.05) is 13.8 Å². The minimum Gasteiger partial charge on any atom is -0.463 e. The number of esters is 1. The summed E-state index contributed by atoms with van der Waals surface area (Å²) in [7, 11) is 0.666. The first kappa shape index (κ1) is 9.65. The Hall–Kier alpha value is -0.353. The summed E-state index contributed by atoms with van der Waals surface area (Å²) < 4.78 is 9.91. The van der Waals surface area contributed by atoms with Crippen molar-refractivity contribution < 1.29 is 14.0 Å². The Morgan fingerprint density at radius 2 is 2.10 bits per heavy atom. The molecule has 0 saturated heterocycles. The molecule has 0 bridgehead atoms. The topological polar surface area (TPSA) is 35.5 Å². The maximum atomic E-state index is 10.3. The van der Waals surface area contributed by atoms with Gasteiger partial charge < -0.3 is 9.16 Å². The summed E-state index contributed by atoms with van der Waals surface area (Å²) in [5.74, 6) is -0.258. The summed E-state index contributed by atoms with van der Waals surface area (Å²) in [5.41, 5.74) is -0.308. The molecule has 0 aromatic rings. The Morgan fingerprint density at radius 1 is 1.60 bits per heavy atom. The van der Waals surface area contributed by atoms with Crippen LogP contribution in [-0.4, -0.2) is 28.7 Å². The Balaban J connectivity index is 3.56. The van der Waals surface area contributed by atoms with Gasteiger partial charge in [0, 0.05) is 6.92 Å². The van der Waals surface area contributed by atoms with Crippen LogP contribution in [0.25, 0.3) is 0 Å². The van der Waals surface area contributed by atoms with Gasteiger partial charge in [-0.2, -0.15) is 0 Å². The molecule has 0 atom stereocenters. The van der Waals surface area contributed by atoms with Crippen LogP contribution in [0.2, 0.25) is 0 Å². The molecule has 0 aliphatic rings. The van der Waals surface area contributed by atoms with Crippen LogP contribution in [-0.2, 0) is 14.0 Å². The first-order valence-corrected chi connectivity index (χ1v) is 3.98. The third-order valence-corrected chi connectivity index (χ3v) is 2.28. The summed E-state index contributed by atoms with van der Waals surface area (Å²) in [6.07, 6.45) is 0. The fraction of sp³-hybridized carbons (Fsp3) is 0.833. The van der Waals surface area contributed by atoms with E-state index in [1.165, 1.54) is 6.92 Å². The van der Waals surface area contributed by atoms with E-state index in [-0.39, 0.29) is 11.6 Å². The highest BCUT2D eigenvalue weighted by Crippen LogP contribution is 2.06. The molecule has 3 nitrogen and oxygen atoms in total. The van der Waals surface area contributed by atoms with Crippen LogP contribution < -0.4 is 0 Å². The maximum absolute atomic E-state index is 10.3. The zero-order valence-corrected chi connectivity index (χ0v) is 8.93. The molecule has 60 valence electrons. The van der Waals surface area contributed by atoms with Crippen molar-refractivity contribution in [2.45, 2.75) is 26.4 Å². The van der Waals surface area contributed by atoms with Gasteiger partial charge in [0.05, 0.1) is 5.60 Å². The van der Waals surface area contributed by atoms with Gasteiger partial charge in [0.1, 0.15) is 17.1 Å². The van der Waals surface area contributed by atoms with E-state index < -0.39 is 0 Å². The first-order valence-electron chi connectivity index (χ1n) is 3.16. The van der Waals surface area contributed by atoms with Crippen LogP contribution in [0.15, 0.2) is 0 Å². The second-order valence-corrected chi connectivity index (χ2v) is 3.15. The van der Waals surface area contributed by atoms with E-state index in [4.69, 9.17) is 9.16 Å². The molecule has 0 aliphatic heterocycles. The maximum Gasteiger partial charge on any atom is 0.302 e. The van der Waals surface area contributed by atoms with Crippen LogP contribution in [0, 0.1) is 0 Å². The molecule has 0 amide bonds. The monoisotopic (exact) mass is 162 g/mol. The second kappa shape index (κ2) is 3.73. The highest BCUT2D eigenvalue weighted by Gasteiger charge is 2.16. The van der Waals surface area contributed by atoms with Gasteiger partial charge in [-0.05, 0) is 13.8 Å². The van der Waals surface area contributed by atoms with Gasteiger partial charge in [0.15, 0.2) is 0 Å². The molecule has 0 aliphatic carbocycles. The van der Waals surface area contributed by atoms with Gasteiger partial charge in [0.2, 0.25) is 0 Å². The van der Waals surface area contributed by atoms with E-state index in [9.17, 15) is 4.79 Å². The minimum absolute atomic E-state index is 0.258. The van der Waals surface area contributed by atoms with E-state index in [1.54, 1.807) is 0 Å². The molecule has 0 spiro atoms. The van der Waals surface area contributed by atoms with Crippen molar-refractivity contribution >= 4 is 16.5 Å². The lowest BCUT2D eigenvalue weighted by molar-refractivity contribution is -0.145. The van der Waals surface area contributed by atoms with Crippen molar-refractivity contribution in [3.05, 3.63) is 0 Å². The van der Waals surface area contributed by atoms with Crippen molar-refractivity contribution in [3.63, 3.8) is 0 Å². The van der Waals surface area contributed by atoms with Crippen LogP contribution in [0.5, 0.6) is 0 Å². The van der Waals surface area contributed by atoms with Gasteiger partial charge in [-0.3, -0.25) is 4.79 Å². The standard InChI is InChI=1S/C6H14O3Si/c1-5(7)8-4-6(2,3)9-10/h4H2,1-3,10H3. The SMILES string of the molecule is CC(=O)OCC(C)(C)O[SiH3]. The second-order valence-electron chi connectivity index (χ2n) is 2.74. The highest BCUT2D eigenvalue weighted by atomic mass is 28.2. The molecule has 0 heterocycles. The minimum atomic E-state index is -0.308. The van der Waals surface area contributed by atoms with Crippen LogP contribution in [0.3, 0.4) is 0 Å². The summed E-state index contributed by atoms with van der Waals surface area (Å²) in [5, 5.41) is 0. The lowest BCUT2D eigenvalue weighted by Crippen LogP contribution is -2.30. The summed E-state index contributed by atoms with van der Waals surface area (Å²) in [4.78, 5) is 10.3. The van der Waals surface area contributed by atoms with Crippen molar-refractivity contribution in [1.82, 2.24) is 0 Å². The third-order valence-electron chi connectivity index (χ3n) is 1.18. The van der Waals surface area contributed by atoms with E-state index in [2.05, 4.69) is 0 Å². The predicted molar refractivity (Wildman–Crippen MR) is 41.7 cm³/mol. The third kappa shape index (κ3) is 4.52. The summed E-state index contributed by atoms with van der Waals surface area (Å²) in [6, 6.07) is 0. The molecule has 0 fully saturated rings. The summed E-state index contributed by atoms with van der Waals surface area (Å²) >= 11 is 0. The van der Waals surface area contributed by atoms with Crippen LogP contribution >= 0.6 is 0 Å². The molecule has 0 rings (SSSR count). The number of rotatable bonds is 3. The number of hydrogen-bond donors (Lipinski definition) is 0. The molecular formula is C6H14O3Si. The van der Waals surface area contributed by atoms with Crippen molar-refractivity contribution in [2.24, 2.45) is 0 Å². The zero-order valence-electron chi connectivity index (χ0n) is 6.93. The number of hydrogen-bond acceptors (Lipinski definition) is 3. The Bertz CT molecular complexity index is 122. The van der Waals surface area contributed by atoms with Gasteiger partial charge in [-0.25, -0.2) is 0 Å².